The van der Waals surface area contributed by atoms with Crippen LogP contribution in [-0.4, -0.2) is 36.7 Å². The van der Waals surface area contributed by atoms with Crippen molar-refractivity contribution in [1.82, 2.24) is 4.90 Å². The monoisotopic (exact) mass is 262 g/mol. The molecule has 1 heterocycles. The summed E-state index contributed by atoms with van der Waals surface area (Å²) in [6.45, 7) is 9.25. The van der Waals surface area contributed by atoms with Crippen molar-refractivity contribution >= 4 is 13.7 Å². The highest BCUT2D eigenvalue weighted by Gasteiger charge is 2.38. The molecule has 0 bridgehead atoms. The van der Waals surface area contributed by atoms with E-state index in [4.69, 9.17) is 4.99 Å². The summed E-state index contributed by atoms with van der Waals surface area (Å²) >= 11 is 0. The summed E-state index contributed by atoms with van der Waals surface area (Å²) in [5.41, 5.74) is 0. The Morgan fingerprint density at radius 3 is 2.37 bits per heavy atom. The molecule has 0 aromatic heterocycles. The zero-order valence-electron chi connectivity index (χ0n) is 13.5. The molecule has 2 rings (SSSR count). The average Bonchev–Trinajstić information content (AvgIpc) is 2.72. The Hall–Kier alpha value is -0.465. The van der Waals surface area contributed by atoms with Crippen molar-refractivity contribution in [1.29, 1.82) is 0 Å². The summed E-state index contributed by atoms with van der Waals surface area (Å²) in [7, 11) is 2.42. The molecular weight excluding hydrogens is 231 g/mol. The van der Waals surface area contributed by atoms with Crippen molar-refractivity contribution in [3.8, 4) is 0 Å². The Labute approximate surface area is 120 Å². The molecule has 2 aliphatic rings. The van der Waals surface area contributed by atoms with Gasteiger partial charge in [-0.3, -0.25) is 4.99 Å². The minimum absolute atomic E-state index is 0.565. The SMILES string of the molecule is BC1CCCCC2C(CC1)N=C(C(C)C)N2C(C)C. The summed E-state index contributed by atoms with van der Waals surface area (Å²) < 4.78 is 0. The first-order chi connectivity index (χ1) is 9.00. The minimum Gasteiger partial charge on any atom is -0.353 e. The fourth-order valence-electron chi connectivity index (χ4n) is 3.81. The highest BCUT2D eigenvalue weighted by atomic mass is 15.3. The highest BCUT2D eigenvalue weighted by Crippen LogP contribution is 2.33. The van der Waals surface area contributed by atoms with E-state index in [9.17, 15) is 0 Å². The van der Waals surface area contributed by atoms with Gasteiger partial charge in [-0.1, -0.05) is 45.3 Å². The molecule has 1 aliphatic carbocycles. The van der Waals surface area contributed by atoms with Crippen LogP contribution in [0.25, 0.3) is 0 Å². The normalized spacial score (nSPS) is 32.8. The van der Waals surface area contributed by atoms with Crippen molar-refractivity contribution < 1.29 is 0 Å². The lowest BCUT2D eigenvalue weighted by Gasteiger charge is -2.35. The lowest BCUT2D eigenvalue weighted by atomic mass is 9.79. The number of fused-ring (bicyclic) bond motifs is 1. The molecule has 108 valence electrons. The van der Waals surface area contributed by atoms with Gasteiger partial charge < -0.3 is 4.90 Å². The molecule has 1 aliphatic heterocycles. The van der Waals surface area contributed by atoms with Crippen LogP contribution in [0, 0.1) is 5.92 Å². The summed E-state index contributed by atoms with van der Waals surface area (Å²) in [5, 5.41) is 0. The third-order valence-electron chi connectivity index (χ3n) is 4.84. The number of hydrogen-bond donors (Lipinski definition) is 0. The van der Waals surface area contributed by atoms with Crippen molar-refractivity contribution in [3.05, 3.63) is 0 Å². The second kappa shape index (κ2) is 6.32. The fourth-order valence-corrected chi connectivity index (χ4v) is 3.81. The molecule has 0 N–H and O–H groups in total. The Kier molecular flexibility index (Phi) is 4.97. The molecule has 2 nitrogen and oxygen atoms in total. The standard InChI is InChI=1S/C16H31BN2/c1-11(2)16-18-14-10-9-13(17)7-5-6-8-15(14)19(16)12(3)4/h11-15H,5-10,17H2,1-4H3. The molecule has 3 unspecified atom stereocenters. The molecule has 0 spiro atoms. The molecule has 3 heteroatoms. The predicted molar refractivity (Wildman–Crippen MR) is 86.8 cm³/mol. The van der Waals surface area contributed by atoms with E-state index in [-0.39, 0.29) is 0 Å². The Balaban J connectivity index is 2.18. The van der Waals surface area contributed by atoms with Gasteiger partial charge in [-0.05, 0) is 26.7 Å². The molecule has 1 saturated carbocycles. The third kappa shape index (κ3) is 3.35. The van der Waals surface area contributed by atoms with Crippen molar-refractivity contribution in [2.24, 2.45) is 10.9 Å². The van der Waals surface area contributed by atoms with E-state index in [1.165, 1.54) is 44.4 Å². The lowest BCUT2D eigenvalue weighted by Crippen LogP contribution is -2.45. The Morgan fingerprint density at radius 2 is 1.74 bits per heavy atom. The zero-order chi connectivity index (χ0) is 14.0. The Bertz CT molecular complexity index is 325. The van der Waals surface area contributed by atoms with Gasteiger partial charge in [-0.15, -0.1) is 0 Å². The second-order valence-electron chi connectivity index (χ2n) is 7.24. The smallest absolute Gasteiger partial charge is 0.105 e. The van der Waals surface area contributed by atoms with Crippen LogP contribution in [0.15, 0.2) is 4.99 Å². The van der Waals surface area contributed by atoms with Gasteiger partial charge in [-0.25, -0.2) is 0 Å². The lowest BCUT2D eigenvalue weighted by molar-refractivity contribution is 0.231. The largest absolute Gasteiger partial charge is 0.353 e. The summed E-state index contributed by atoms with van der Waals surface area (Å²) in [6, 6.07) is 1.84. The zero-order valence-corrected chi connectivity index (χ0v) is 13.5. The van der Waals surface area contributed by atoms with Crippen LogP contribution in [0.4, 0.5) is 0 Å². The van der Waals surface area contributed by atoms with E-state index >= 15 is 0 Å². The van der Waals surface area contributed by atoms with Gasteiger partial charge in [0.15, 0.2) is 0 Å². The van der Waals surface area contributed by atoms with Gasteiger partial charge in [0.25, 0.3) is 0 Å². The molecule has 0 aromatic rings. The quantitative estimate of drug-likeness (QED) is 0.697. The maximum Gasteiger partial charge on any atom is 0.105 e. The van der Waals surface area contributed by atoms with Crippen LogP contribution < -0.4 is 0 Å². The molecule has 19 heavy (non-hydrogen) atoms. The number of rotatable bonds is 2. The minimum atomic E-state index is 0.565. The molecule has 0 saturated heterocycles. The predicted octanol–water partition coefficient (Wildman–Crippen LogP) is 3.28. The number of hydrogen-bond acceptors (Lipinski definition) is 2. The first-order valence-corrected chi connectivity index (χ1v) is 8.36. The van der Waals surface area contributed by atoms with Crippen molar-refractivity contribution in [2.75, 3.05) is 0 Å². The summed E-state index contributed by atoms with van der Waals surface area (Å²) in [5.74, 6) is 2.83. The van der Waals surface area contributed by atoms with E-state index in [1.54, 1.807) is 0 Å². The van der Waals surface area contributed by atoms with E-state index < -0.39 is 0 Å². The second-order valence-corrected chi connectivity index (χ2v) is 7.24. The van der Waals surface area contributed by atoms with Crippen LogP contribution in [0.3, 0.4) is 0 Å². The van der Waals surface area contributed by atoms with Crippen LogP contribution >= 0.6 is 0 Å². The van der Waals surface area contributed by atoms with E-state index in [0.717, 1.165) is 5.82 Å². The third-order valence-corrected chi connectivity index (χ3v) is 4.84. The average molecular weight is 262 g/mol. The molecular formula is C16H31BN2. The molecule has 3 atom stereocenters. The van der Waals surface area contributed by atoms with Gasteiger partial charge in [0.2, 0.25) is 0 Å². The first-order valence-electron chi connectivity index (χ1n) is 8.36. The molecule has 1 fully saturated rings. The Morgan fingerprint density at radius 1 is 1.05 bits per heavy atom. The highest BCUT2D eigenvalue weighted by molar-refractivity contribution is 6.11. The van der Waals surface area contributed by atoms with Gasteiger partial charge in [0.1, 0.15) is 13.7 Å². The van der Waals surface area contributed by atoms with E-state index in [2.05, 4.69) is 40.4 Å². The van der Waals surface area contributed by atoms with E-state index in [0.29, 0.717) is 24.0 Å². The molecule has 0 radical (unpaired) electrons. The van der Waals surface area contributed by atoms with Crippen molar-refractivity contribution in [2.45, 2.75) is 90.2 Å². The van der Waals surface area contributed by atoms with E-state index in [1.807, 2.05) is 0 Å². The van der Waals surface area contributed by atoms with Gasteiger partial charge in [-0.2, -0.15) is 0 Å². The maximum absolute atomic E-state index is 5.13. The number of aliphatic imine (C=N–C) groups is 1. The topological polar surface area (TPSA) is 15.6 Å². The van der Waals surface area contributed by atoms with Crippen LogP contribution in [-0.2, 0) is 0 Å². The maximum atomic E-state index is 5.13. The van der Waals surface area contributed by atoms with Crippen molar-refractivity contribution in [3.63, 3.8) is 0 Å². The number of amidine groups is 1. The fraction of sp³-hybridized carbons (Fsp3) is 0.938. The summed E-state index contributed by atoms with van der Waals surface area (Å²) in [4.78, 5) is 7.78. The van der Waals surface area contributed by atoms with Crippen LogP contribution in [0.2, 0.25) is 5.82 Å². The first kappa shape index (κ1) is 14.9. The van der Waals surface area contributed by atoms with Gasteiger partial charge in [0, 0.05) is 12.0 Å². The molecule has 0 aromatic carbocycles. The molecule has 0 amide bonds. The number of nitrogens with zero attached hydrogens (tertiary/aromatic N) is 2. The van der Waals surface area contributed by atoms with Gasteiger partial charge >= 0.3 is 0 Å². The van der Waals surface area contributed by atoms with Crippen LogP contribution in [0.5, 0.6) is 0 Å². The van der Waals surface area contributed by atoms with Crippen LogP contribution in [0.1, 0.15) is 66.2 Å². The summed E-state index contributed by atoms with van der Waals surface area (Å²) in [6.07, 6.45) is 8.22. The van der Waals surface area contributed by atoms with Gasteiger partial charge in [0.05, 0.1) is 12.1 Å².